The Bertz CT molecular complexity index is 555. The van der Waals surface area contributed by atoms with Crippen LogP contribution in [0.5, 0.6) is 0 Å². The zero-order valence-corrected chi connectivity index (χ0v) is 16.4. The number of hydrogen-bond donors (Lipinski definition) is 1. The number of aliphatic imine (C=N–C) groups is 1. The first-order chi connectivity index (χ1) is 12.3. The minimum absolute atomic E-state index is 0.644. The number of nitrogens with zero attached hydrogens (tertiary/aromatic N) is 4. The predicted octanol–water partition coefficient (Wildman–Crippen LogP) is 1.76. The lowest BCUT2D eigenvalue weighted by Crippen LogP contribution is -2.46. The number of ether oxygens (including phenoxy) is 1. The number of likely N-dealkylation sites (tertiary alicyclic amines) is 1. The highest BCUT2D eigenvalue weighted by molar-refractivity contribution is 7.09. The largest absolute Gasteiger partial charge is 0.379 e. The van der Waals surface area contributed by atoms with Gasteiger partial charge in [0, 0.05) is 62.8 Å². The van der Waals surface area contributed by atoms with Crippen LogP contribution >= 0.6 is 11.3 Å². The molecular weight excluding hydrogens is 334 g/mol. The van der Waals surface area contributed by atoms with Crippen LogP contribution in [-0.2, 0) is 11.2 Å². The number of morpholine rings is 1. The number of guanidine groups is 1. The van der Waals surface area contributed by atoms with Gasteiger partial charge in [0.15, 0.2) is 5.96 Å². The summed E-state index contributed by atoms with van der Waals surface area (Å²) in [4.78, 5) is 14.4. The third kappa shape index (κ3) is 5.39. The van der Waals surface area contributed by atoms with Crippen molar-refractivity contribution in [3.63, 3.8) is 0 Å². The highest BCUT2D eigenvalue weighted by Crippen LogP contribution is 2.17. The minimum Gasteiger partial charge on any atom is -0.379 e. The van der Waals surface area contributed by atoms with Gasteiger partial charge in [-0.1, -0.05) is 0 Å². The highest BCUT2D eigenvalue weighted by atomic mass is 32.1. The molecule has 2 aliphatic heterocycles. The van der Waals surface area contributed by atoms with E-state index in [4.69, 9.17) is 9.73 Å². The van der Waals surface area contributed by atoms with E-state index in [-0.39, 0.29) is 0 Å². The molecule has 2 fully saturated rings. The molecule has 1 atom stereocenters. The SMILES string of the molecule is CCNC(=NCCCc1nc(C)cs1)N1CCC(N2CCOCC2)C1. The second kappa shape index (κ2) is 9.50. The smallest absolute Gasteiger partial charge is 0.193 e. The fraction of sp³-hybridized carbons (Fsp3) is 0.778. The fourth-order valence-electron chi connectivity index (χ4n) is 3.53. The second-order valence-electron chi connectivity index (χ2n) is 6.76. The summed E-state index contributed by atoms with van der Waals surface area (Å²) in [6.07, 6.45) is 3.31. The molecule has 2 aliphatic rings. The standard InChI is InChI=1S/C18H31N5OS/c1-3-19-18(20-7-4-5-17-21-15(2)14-25-17)23-8-6-16(13-23)22-9-11-24-12-10-22/h14,16H,3-13H2,1-2H3,(H,19,20). The molecule has 0 radical (unpaired) electrons. The molecule has 7 heteroatoms. The molecule has 3 rings (SSSR count). The van der Waals surface area contributed by atoms with Crippen LogP contribution in [0, 0.1) is 6.92 Å². The molecular formula is C18H31N5OS. The third-order valence-corrected chi connectivity index (χ3v) is 5.86. The van der Waals surface area contributed by atoms with E-state index in [0.717, 1.165) is 77.0 Å². The van der Waals surface area contributed by atoms with Gasteiger partial charge in [-0.05, 0) is 26.7 Å². The van der Waals surface area contributed by atoms with E-state index >= 15 is 0 Å². The van der Waals surface area contributed by atoms with Crippen LogP contribution in [0.2, 0.25) is 0 Å². The average molecular weight is 366 g/mol. The molecule has 0 saturated carbocycles. The molecule has 0 spiro atoms. The lowest BCUT2D eigenvalue weighted by molar-refractivity contribution is 0.0195. The predicted molar refractivity (Wildman–Crippen MR) is 104 cm³/mol. The Balaban J connectivity index is 1.48. The van der Waals surface area contributed by atoms with E-state index in [9.17, 15) is 0 Å². The molecule has 1 aromatic heterocycles. The Kier molecular flexibility index (Phi) is 7.07. The summed E-state index contributed by atoms with van der Waals surface area (Å²) in [6, 6.07) is 0.644. The Morgan fingerprint density at radius 3 is 2.96 bits per heavy atom. The molecule has 6 nitrogen and oxygen atoms in total. The summed E-state index contributed by atoms with van der Waals surface area (Å²) in [5, 5.41) is 6.82. The van der Waals surface area contributed by atoms with Gasteiger partial charge in [0.2, 0.25) is 0 Å². The van der Waals surface area contributed by atoms with Gasteiger partial charge in [-0.2, -0.15) is 0 Å². The van der Waals surface area contributed by atoms with Gasteiger partial charge in [0.1, 0.15) is 0 Å². The molecule has 1 aromatic rings. The molecule has 1 unspecified atom stereocenters. The number of rotatable bonds is 6. The van der Waals surface area contributed by atoms with Crippen molar-refractivity contribution in [1.82, 2.24) is 20.1 Å². The fourth-order valence-corrected chi connectivity index (χ4v) is 4.35. The van der Waals surface area contributed by atoms with Crippen LogP contribution in [-0.4, -0.2) is 79.3 Å². The second-order valence-corrected chi connectivity index (χ2v) is 7.70. The van der Waals surface area contributed by atoms with Crippen LogP contribution in [0.1, 0.15) is 30.5 Å². The summed E-state index contributed by atoms with van der Waals surface area (Å²) in [5.74, 6) is 1.08. The van der Waals surface area contributed by atoms with Gasteiger partial charge in [0.05, 0.1) is 18.2 Å². The molecule has 3 heterocycles. The quantitative estimate of drug-likeness (QED) is 0.473. The Morgan fingerprint density at radius 2 is 2.24 bits per heavy atom. The van der Waals surface area contributed by atoms with E-state index in [2.05, 4.69) is 39.3 Å². The maximum atomic E-state index is 5.48. The molecule has 140 valence electrons. The molecule has 0 amide bonds. The van der Waals surface area contributed by atoms with E-state index in [0.29, 0.717) is 6.04 Å². The van der Waals surface area contributed by atoms with Crippen LogP contribution < -0.4 is 5.32 Å². The van der Waals surface area contributed by atoms with Gasteiger partial charge in [-0.15, -0.1) is 11.3 Å². The first-order valence-corrected chi connectivity index (χ1v) is 10.4. The van der Waals surface area contributed by atoms with Gasteiger partial charge in [0.25, 0.3) is 0 Å². The third-order valence-electron chi connectivity index (χ3n) is 4.84. The Hall–Kier alpha value is -1.18. The van der Waals surface area contributed by atoms with Gasteiger partial charge in [-0.3, -0.25) is 9.89 Å². The zero-order valence-electron chi connectivity index (χ0n) is 15.5. The summed E-state index contributed by atoms with van der Waals surface area (Å²) in [7, 11) is 0. The molecule has 0 aliphatic carbocycles. The van der Waals surface area contributed by atoms with Crippen molar-refractivity contribution in [2.24, 2.45) is 4.99 Å². The number of aromatic nitrogens is 1. The number of hydrogen-bond acceptors (Lipinski definition) is 5. The zero-order chi connectivity index (χ0) is 17.5. The number of aryl methyl sites for hydroxylation is 2. The van der Waals surface area contributed by atoms with E-state index in [1.165, 1.54) is 11.4 Å². The highest BCUT2D eigenvalue weighted by Gasteiger charge is 2.30. The lowest BCUT2D eigenvalue weighted by atomic mass is 10.2. The summed E-state index contributed by atoms with van der Waals surface area (Å²) >= 11 is 1.76. The van der Waals surface area contributed by atoms with Gasteiger partial charge >= 0.3 is 0 Å². The lowest BCUT2D eigenvalue weighted by Gasteiger charge is -2.32. The molecule has 0 bridgehead atoms. The van der Waals surface area contributed by atoms with Crippen molar-refractivity contribution in [2.45, 2.75) is 39.2 Å². The van der Waals surface area contributed by atoms with Crippen molar-refractivity contribution < 1.29 is 4.74 Å². The van der Waals surface area contributed by atoms with E-state index in [1.54, 1.807) is 11.3 Å². The monoisotopic (exact) mass is 365 g/mol. The number of thiazole rings is 1. The Morgan fingerprint density at radius 1 is 1.40 bits per heavy atom. The van der Waals surface area contributed by atoms with Crippen molar-refractivity contribution in [3.8, 4) is 0 Å². The number of nitrogens with one attached hydrogen (secondary N) is 1. The molecule has 2 saturated heterocycles. The summed E-state index contributed by atoms with van der Waals surface area (Å²) in [5.41, 5.74) is 1.13. The van der Waals surface area contributed by atoms with Crippen molar-refractivity contribution in [2.75, 3.05) is 52.5 Å². The first kappa shape index (κ1) is 18.6. The van der Waals surface area contributed by atoms with Gasteiger partial charge in [-0.25, -0.2) is 4.98 Å². The maximum Gasteiger partial charge on any atom is 0.193 e. The maximum absolute atomic E-state index is 5.48. The van der Waals surface area contributed by atoms with Crippen LogP contribution in [0.3, 0.4) is 0 Å². The normalized spacial score (nSPS) is 22.6. The molecule has 0 aromatic carbocycles. The average Bonchev–Trinajstić information content (AvgIpc) is 3.28. The van der Waals surface area contributed by atoms with Crippen LogP contribution in [0.4, 0.5) is 0 Å². The van der Waals surface area contributed by atoms with Crippen molar-refractivity contribution in [3.05, 3.63) is 16.1 Å². The Labute approximate surface area is 155 Å². The topological polar surface area (TPSA) is 53.0 Å². The minimum atomic E-state index is 0.644. The van der Waals surface area contributed by atoms with Crippen molar-refractivity contribution >= 4 is 17.3 Å². The van der Waals surface area contributed by atoms with Crippen molar-refractivity contribution in [1.29, 1.82) is 0 Å². The van der Waals surface area contributed by atoms with E-state index in [1.807, 2.05) is 0 Å². The molecule has 1 N–H and O–H groups in total. The van der Waals surface area contributed by atoms with Crippen LogP contribution in [0.25, 0.3) is 0 Å². The van der Waals surface area contributed by atoms with E-state index < -0.39 is 0 Å². The summed E-state index contributed by atoms with van der Waals surface area (Å²) < 4.78 is 5.48. The molecule has 25 heavy (non-hydrogen) atoms. The first-order valence-electron chi connectivity index (χ1n) is 9.52. The van der Waals surface area contributed by atoms with Gasteiger partial charge < -0.3 is 15.0 Å². The summed E-state index contributed by atoms with van der Waals surface area (Å²) in [6.45, 7) is 12.0. The van der Waals surface area contributed by atoms with Crippen LogP contribution in [0.15, 0.2) is 10.4 Å².